The number of aromatic amines is 1. The summed E-state index contributed by atoms with van der Waals surface area (Å²) in [6.07, 6.45) is 1.62. The number of fused-ring (bicyclic) bond motifs is 1. The average Bonchev–Trinajstić information content (AvgIpc) is 2.71. The van der Waals surface area contributed by atoms with Crippen LogP contribution in [0, 0.1) is 0 Å². The minimum Gasteiger partial charge on any atom is -0.267 e. The third-order valence-corrected chi connectivity index (χ3v) is 3.16. The lowest BCUT2D eigenvalue weighted by atomic mass is 10.3. The molecular formula is C12H7Cl2N3O. The highest BCUT2D eigenvalue weighted by molar-refractivity contribution is 6.34. The number of hydrogen-bond acceptors (Lipinski definition) is 2. The zero-order valence-electron chi connectivity index (χ0n) is 9.02. The molecular weight excluding hydrogens is 273 g/mol. The van der Waals surface area contributed by atoms with Gasteiger partial charge in [0.1, 0.15) is 0 Å². The molecule has 1 N–H and O–H groups in total. The molecule has 0 atom stereocenters. The Hall–Kier alpha value is -1.78. The molecule has 0 saturated heterocycles. The van der Waals surface area contributed by atoms with Crippen molar-refractivity contribution in [3.63, 3.8) is 0 Å². The number of hydrogen-bond donors (Lipinski definition) is 1. The molecule has 2 aromatic heterocycles. The van der Waals surface area contributed by atoms with Gasteiger partial charge in [0.05, 0.1) is 16.1 Å². The molecule has 2 heterocycles. The molecule has 0 aliphatic heterocycles. The maximum Gasteiger partial charge on any atom is 0.273 e. The van der Waals surface area contributed by atoms with Crippen LogP contribution in [0.15, 0.2) is 41.3 Å². The summed E-state index contributed by atoms with van der Waals surface area (Å²) in [5, 5.41) is 4.22. The number of halogens is 2. The second-order valence-electron chi connectivity index (χ2n) is 3.75. The Labute approximate surface area is 112 Å². The molecule has 6 heteroatoms. The van der Waals surface area contributed by atoms with Crippen LogP contribution in [-0.4, -0.2) is 14.8 Å². The number of aromatic nitrogens is 3. The van der Waals surface area contributed by atoms with Crippen LogP contribution in [-0.2, 0) is 0 Å². The molecule has 0 radical (unpaired) electrons. The fourth-order valence-electron chi connectivity index (χ4n) is 1.80. The predicted octanol–water partition coefficient (Wildman–Crippen LogP) is 3.02. The van der Waals surface area contributed by atoms with Crippen molar-refractivity contribution in [2.45, 2.75) is 0 Å². The second kappa shape index (κ2) is 4.15. The van der Waals surface area contributed by atoms with Crippen molar-refractivity contribution >= 4 is 34.2 Å². The summed E-state index contributed by atoms with van der Waals surface area (Å²) in [6, 6.07) is 8.45. The fraction of sp³-hybridized carbons (Fsp3) is 0. The smallest absolute Gasteiger partial charge is 0.267 e. The van der Waals surface area contributed by atoms with Gasteiger partial charge in [-0.1, -0.05) is 23.2 Å². The Morgan fingerprint density at radius 2 is 2.06 bits per heavy atom. The van der Waals surface area contributed by atoms with Crippen molar-refractivity contribution in [3.05, 3.63) is 56.9 Å². The molecule has 3 aromatic rings. The van der Waals surface area contributed by atoms with Crippen LogP contribution >= 0.6 is 23.2 Å². The van der Waals surface area contributed by atoms with E-state index >= 15 is 0 Å². The molecule has 0 aliphatic carbocycles. The third-order valence-electron chi connectivity index (χ3n) is 2.61. The van der Waals surface area contributed by atoms with Crippen molar-refractivity contribution in [1.82, 2.24) is 14.8 Å². The summed E-state index contributed by atoms with van der Waals surface area (Å²) in [4.78, 5) is 16.0. The standard InChI is InChI=1S/C12H7Cl2N3O/c13-7-3-4-9(14)10(6-7)17-11-8(12(18)16-17)2-1-5-15-11/h1-6H,(H,16,18). The second-order valence-corrected chi connectivity index (χ2v) is 4.59. The van der Waals surface area contributed by atoms with Crippen LogP contribution in [0.4, 0.5) is 0 Å². The summed E-state index contributed by atoms with van der Waals surface area (Å²) in [7, 11) is 0. The van der Waals surface area contributed by atoms with Gasteiger partial charge in [0.25, 0.3) is 5.56 Å². The van der Waals surface area contributed by atoms with Crippen LogP contribution in [0.1, 0.15) is 0 Å². The molecule has 4 nitrogen and oxygen atoms in total. The van der Waals surface area contributed by atoms with Gasteiger partial charge in [-0.05, 0) is 30.3 Å². The summed E-state index contributed by atoms with van der Waals surface area (Å²) >= 11 is 12.1. The van der Waals surface area contributed by atoms with Crippen LogP contribution in [0.2, 0.25) is 10.0 Å². The van der Waals surface area contributed by atoms with E-state index in [0.29, 0.717) is 26.8 Å². The number of nitrogens with one attached hydrogen (secondary N) is 1. The first-order valence-corrected chi connectivity index (χ1v) is 5.93. The first-order chi connectivity index (χ1) is 8.66. The number of pyridine rings is 1. The summed E-state index contributed by atoms with van der Waals surface area (Å²) < 4.78 is 1.53. The number of benzene rings is 1. The van der Waals surface area contributed by atoms with Gasteiger partial charge in [-0.3, -0.25) is 9.89 Å². The van der Waals surface area contributed by atoms with Gasteiger partial charge in [0.15, 0.2) is 5.65 Å². The molecule has 0 spiro atoms. The Kier molecular flexibility index (Phi) is 2.61. The highest BCUT2D eigenvalue weighted by Gasteiger charge is 2.11. The van der Waals surface area contributed by atoms with E-state index in [4.69, 9.17) is 23.2 Å². The Morgan fingerprint density at radius 1 is 1.22 bits per heavy atom. The van der Waals surface area contributed by atoms with Gasteiger partial charge >= 0.3 is 0 Å². The minimum atomic E-state index is -0.214. The largest absolute Gasteiger partial charge is 0.273 e. The molecule has 0 unspecified atom stereocenters. The zero-order valence-corrected chi connectivity index (χ0v) is 10.5. The highest BCUT2D eigenvalue weighted by atomic mass is 35.5. The van der Waals surface area contributed by atoms with Crippen LogP contribution < -0.4 is 5.56 Å². The third kappa shape index (κ3) is 1.70. The van der Waals surface area contributed by atoms with Crippen molar-refractivity contribution < 1.29 is 0 Å². The van der Waals surface area contributed by atoms with Crippen LogP contribution in [0.3, 0.4) is 0 Å². The molecule has 0 saturated carbocycles. The van der Waals surface area contributed by atoms with Crippen molar-refractivity contribution in [2.24, 2.45) is 0 Å². The molecule has 90 valence electrons. The van der Waals surface area contributed by atoms with Crippen molar-refractivity contribution in [3.8, 4) is 5.69 Å². The quantitative estimate of drug-likeness (QED) is 0.744. The minimum absolute atomic E-state index is 0.214. The lowest BCUT2D eigenvalue weighted by molar-refractivity contribution is 0.880. The van der Waals surface area contributed by atoms with Crippen molar-refractivity contribution in [1.29, 1.82) is 0 Å². The molecule has 0 amide bonds. The molecule has 3 rings (SSSR count). The summed E-state index contributed by atoms with van der Waals surface area (Å²) in [5.41, 5.74) is 0.899. The fourth-order valence-corrected chi connectivity index (χ4v) is 2.17. The van der Waals surface area contributed by atoms with Gasteiger partial charge in [-0.25, -0.2) is 9.67 Å². The van der Waals surface area contributed by atoms with Crippen LogP contribution in [0.5, 0.6) is 0 Å². The zero-order chi connectivity index (χ0) is 12.7. The summed E-state index contributed by atoms with van der Waals surface area (Å²) in [5.74, 6) is 0. The maximum atomic E-state index is 11.8. The van der Waals surface area contributed by atoms with Crippen molar-refractivity contribution in [2.75, 3.05) is 0 Å². The first kappa shape index (κ1) is 11.3. The van der Waals surface area contributed by atoms with E-state index in [0.717, 1.165) is 0 Å². The van der Waals surface area contributed by atoms with Gasteiger partial charge in [-0.2, -0.15) is 0 Å². The SMILES string of the molecule is O=c1[nH]n(-c2cc(Cl)ccc2Cl)c2ncccc12. The van der Waals surface area contributed by atoms with Gasteiger partial charge < -0.3 is 0 Å². The van der Waals surface area contributed by atoms with E-state index in [1.165, 1.54) is 4.68 Å². The van der Waals surface area contributed by atoms with E-state index in [1.54, 1.807) is 36.5 Å². The lowest BCUT2D eigenvalue weighted by Crippen LogP contribution is -2.04. The average molecular weight is 280 g/mol. The van der Waals surface area contributed by atoms with Gasteiger partial charge in [0, 0.05) is 11.2 Å². The Morgan fingerprint density at radius 3 is 2.89 bits per heavy atom. The van der Waals surface area contributed by atoms with Gasteiger partial charge in [-0.15, -0.1) is 0 Å². The molecule has 0 bridgehead atoms. The van der Waals surface area contributed by atoms with E-state index in [1.807, 2.05) is 0 Å². The van der Waals surface area contributed by atoms with E-state index < -0.39 is 0 Å². The maximum absolute atomic E-state index is 11.8. The first-order valence-electron chi connectivity index (χ1n) is 5.18. The van der Waals surface area contributed by atoms with E-state index in [2.05, 4.69) is 10.1 Å². The lowest BCUT2D eigenvalue weighted by Gasteiger charge is -2.06. The number of rotatable bonds is 1. The Balaban J connectivity index is 2.39. The molecule has 1 aromatic carbocycles. The van der Waals surface area contributed by atoms with E-state index in [9.17, 15) is 4.79 Å². The number of nitrogens with zero attached hydrogens (tertiary/aromatic N) is 2. The monoisotopic (exact) mass is 279 g/mol. The summed E-state index contributed by atoms with van der Waals surface area (Å²) in [6.45, 7) is 0. The molecule has 0 aliphatic rings. The Bertz CT molecular complexity index is 791. The highest BCUT2D eigenvalue weighted by Crippen LogP contribution is 2.25. The van der Waals surface area contributed by atoms with Gasteiger partial charge in [0.2, 0.25) is 0 Å². The predicted molar refractivity (Wildman–Crippen MR) is 71.7 cm³/mol. The number of H-pyrrole nitrogens is 1. The molecule has 18 heavy (non-hydrogen) atoms. The van der Waals surface area contributed by atoms with Crippen LogP contribution in [0.25, 0.3) is 16.7 Å². The molecule has 0 fully saturated rings. The normalized spacial score (nSPS) is 11.0. The topological polar surface area (TPSA) is 50.7 Å². The van der Waals surface area contributed by atoms with E-state index in [-0.39, 0.29) is 5.56 Å².